The van der Waals surface area contributed by atoms with Crippen LogP contribution in [0.5, 0.6) is 0 Å². The molecule has 0 unspecified atom stereocenters. The highest BCUT2D eigenvalue weighted by Gasteiger charge is 2.24. The summed E-state index contributed by atoms with van der Waals surface area (Å²) in [7, 11) is 0. The molecule has 0 radical (unpaired) electrons. The van der Waals surface area contributed by atoms with Gasteiger partial charge in [-0.15, -0.1) is 11.8 Å². The van der Waals surface area contributed by atoms with Gasteiger partial charge in [0.1, 0.15) is 5.76 Å². The van der Waals surface area contributed by atoms with E-state index in [2.05, 4.69) is 4.98 Å². The van der Waals surface area contributed by atoms with E-state index in [1.165, 1.54) is 40.7 Å². The van der Waals surface area contributed by atoms with E-state index in [1.54, 1.807) is 30.0 Å². The maximum Gasteiger partial charge on any atom is 0.270 e. The number of rotatable bonds is 6. The Bertz CT molecular complexity index is 1190. The van der Waals surface area contributed by atoms with E-state index in [0.29, 0.717) is 10.9 Å². The van der Waals surface area contributed by atoms with Gasteiger partial charge in [0.15, 0.2) is 5.13 Å². The van der Waals surface area contributed by atoms with Crippen molar-refractivity contribution in [1.82, 2.24) is 4.98 Å². The van der Waals surface area contributed by atoms with Crippen molar-refractivity contribution in [2.24, 2.45) is 0 Å². The SMILES string of the molecule is CSc1ccc2nc(N(Cc3ccco3)C(=O)c3cccc([N+](=O)[O-])c3)sc2c1. The van der Waals surface area contributed by atoms with Gasteiger partial charge in [-0.05, 0) is 42.7 Å². The molecule has 2 aromatic heterocycles. The van der Waals surface area contributed by atoms with Gasteiger partial charge in [-0.3, -0.25) is 19.8 Å². The van der Waals surface area contributed by atoms with E-state index in [0.717, 1.165) is 15.1 Å². The van der Waals surface area contributed by atoms with Gasteiger partial charge >= 0.3 is 0 Å². The summed E-state index contributed by atoms with van der Waals surface area (Å²) < 4.78 is 6.38. The van der Waals surface area contributed by atoms with Crippen molar-refractivity contribution in [3.8, 4) is 0 Å². The number of thiazole rings is 1. The van der Waals surface area contributed by atoms with Gasteiger partial charge < -0.3 is 4.42 Å². The van der Waals surface area contributed by atoms with Gasteiger partial charge in [0, 0.05) is 22.6 Å². The van der Waals surface area contributed by atoms with Crippen LogP contribution in [0.25, 0.3) is 10.2 Å². The summed E-state index contributed by atoms with van der Waals surface area (Å²) in [6.07, 6.45) is 3.53. The van der Waals surface area contributed by atoms with Gasteiger partial charge in [0.2, 0.25) is 0 Å². The van der Waals surface area contributed by atoms with Crippen molar-refractivity contribution in [2.45, 2.75) is 11.4 Å². The fourth-order valence-corrected chi connectivity index (χ4v) is 4.35. The number of nitro benzene ring substituents is 1. The molecule has 0 saturated heterocycles. The number of amides is 1. The highest BCUT2D eigenvalue weighted by Crippen LogP contribution is 2.33. The molecule has 2 aromatic carbocycles. The first-order chi connectivity index (χ1) is 14.0. The Hall–Kier alpha value is -3.17. The first-order valence-corrected chi connectivity index (χ1v) is 10.6. The van der Waals surface area contributed by atoms with E-state index in [-0.39, 0.29) is 23.7 Å². The van der Waals surface area contributed by atoms with Crippen LogP contribution in [0.3, 0.4) is 0 Å². The normalized spacial score (nSPS) is 10.9. The lowest BCUT2D eigenvalue weighted by atomic mass is 10.2. The van der Waals surface area contributed by atoms with E-state index in [9.17, 15) is 14.9 Å². The second-order valence-electron chi connectivity index (χ2n) is 6.11. The van der Waals surface area contributed by atoms with Crippen molar-refractivity contribution in [3.05, 3.63) is 82.3 Å². The summed E-state index contributed by atoms with van der Waals surface area (Å²) in [6.45, 7) is 0.170. The molecule has 146 valence electrons. The molecular formula is C20H15N3O4S2. The molecule has 0 atom stereocenters. The lowest BCUT2D eigenvalue weighted by Crippen LogP contribution is -2.30. The summed E-state index contributed by atoms with van der Waals surface area (Å²) in [5.74, 6) is 0.210. The Morgan fingerprint density at radius 2 is 2.10 bits per heavy atom. The van der Waals surface area contributed by atoms with Crippen LogP contribution in [0.15, 0.2) is 70.2 Å². The Labute approximate surface area is 174 Å². The molecule has 2 heterocycles. The van der Waals surface area contributed by atoms with Gasteiger partial charge in [-0.1, -0.05) is 17.4 Å². The maximum atomic E-state index is 13.3. The summed E-state index contributed by atoms with van der Waals surface area (Å²) in [5, 5.41) is 11.6. The van der Waals surface area contributed by atoms with Crippen LogP contribution in [-0.2, 0) is 6.54 Å². The molecule has 0 aliphatic heterocycles. The number of thioether (sulfide) groups is 1. The zero-order valence-electron chi connectivity index (χ0n) is 15.3. The number of carbonyl (C=O) groups is 1. The molecule has 7 nitrogen and oxygen atoms in total. The highest BCUT2D eigenvalue weighted by atomic mass is 32.2. The zero-order chi connectivity index (χ0) is 20.4. The molecule has 4 rings (SSSR count). The van der Waals surface area contributed by atoms with E-state index >= 15 is 0 Å². The third-order valence-corrected chi connectivity index (χ3v) is 6.02. The van der Waals surface area contributed by atoms with Crippen molar-refractivity contribution in [1.29, 1.82) is 0 Å². The topological polar surface area (TPSA) is 89.5 Å². The summed E-state index contributed by atoms with van der Waals surface area (Å²) >= 11 is 3.03. The second-order valence-corrected chi connectivity index (χ2v) is 8.00. The van der Waals surface area contributed by atoms with Crippen LogP contribution in [-0.4, -0.2) is 22.1 Å². The monoisotopic (exact) mass is 425 g/mol. The number of fused-ring (bicyclic) bond motifs is 1. The Balaban J connectivity index is 1.76. The predicted molar refractivity (Wildman–Crippen MR) is 114 cm³/mol. The molecule has 0 fully saturated rings. The number of aromatic nitrogens is 1. The fourth-order valence-electron chi connectivity index (χ4n) is 2.83. The number of carbonyl (C=O) groups excluding carboxylic acids is 1. The maximum absolute atomic E-state index is 13.3. The molecule has 0 aliphatic rings. The first kappa shape index (κ1) is 19.2. The number of hydrogen-bond acceptors (Lipinski definition) is 7. The molecule has 9 heteroatoms. The average Bonchev–Trinajstić information content (AvgIpc) is 3.40. The number of nitro groups is 1. The minimum atomic E-state index is -0.519. The van der Waals surface area contributed by atoms with Crippen LogP contribution in [0.4, 0.5) is 10.8 Å². The largest absolute Gasteiger partial charge is 0.467 e. The Kier molecular flexibility index (Phi) is 5.32. The Morgan fingerprint density at radius 1 is 1.24 bits per heavy atom. The van der Waals surface area contributed by atoms with Crippen LogP contribution in [0, 0.1) is 10.1 Å². The molecule has 0 saturated carbocycles. The van der Waals surface area contributed by atoms with Crippen LogP contribution in [0.1, 0.15) is 16.1 Å². The first-order valence-electron chi connectivity index (χ1n) is 8.58. The molecule has 29 heavy (non-hydrogen) atoms. The van der Waals surface area contributed by atoms with Crippen molar-refractivity contribution in [2.75, 3.05) is 11.2 Å². The third kappa shape index (κ3) is 4.01. The molecule has 0 N–H and O–H groups in total. The van der Waals surface area contributed by atoms with Gasteiger partial charge in [-0.25, -0.2) is 4.98 Å². The number of anilines is 1. The average molecular weight is 425 g/mol. The number of furan rings is 1. The number of nitrogens with zero attached hydrogens (tertiary/aromatic N) is 3. The van der Waals surface area contributed by atoms with E-state index in [4.69, 9.17) is 4.42 Å². The minimum Gasteiger partial charge on any atom is -0.467 e. The summed E-state index contributed by atoms with van der Waals surface area (Å²) in [5.41, 5.74) is 0.872. The third-order valence-electron chi connectivity index (χ3n) is 4.26. The number of hydrogen-bond donors (Lipinski definition) is 0. The molecule has 4 aromatic rings. The fraction of sp³-hybridized carbons (Fsp3) is 0.100. The zero-order valence-corrected chi connectivity index (χ0v) is 16.9. The molecule has 1 amide bonds. The van der Waals surface area contributed by atoms with E-state index in [1.807, 2.05) is 24.5 Å². The number of benzene rings is 2. The minimum absolute atomic E-state index is 0.136. The van der Waals surface area contributed by atoms with Crippen molar-refractivity contribution in [3.63, 3.8) is 0 Å². The summed E-state index contributed by atoms with van der Waals surface area (Å²) in [4.78, 5) is 31.1. The predicted octanol–water partition coefficient (Wildman–Crippen LogP) is 5.37. The van der Waals surface area contributed by atoms with Gasteiger partial charge in [0.25, 0.3) is 11.6 Å². The lowest BCUT2D eigenvalue weighted by Gasteiger charge is -2.18. The lowest BCUT2D eigenvalue weighted by molar-refractivity contribution is -0.384. The standard InChI is InChI=1S/C20H15N3O4S2/c1-28-16-7-8-17-18(11-16)29-20(21-17)22(12-15-6-3-9-27-15)19(24)13-4-2-5-14(10-13)23(25)26/h2-11H,12H2,1H3. The van der Waals surface area contributed by atoms with E-state index < -0.39 is 4.92 Å². The second kappa shape index (κ2) is 8.06. The van der Waals surface area contributed by atoms with Crippen molar-refractivity contribution >= 4 is 50.0 Å². The Morgan fingerprint density at radius 3 is 2.83 bits per heavy atom. The smallest absolute Gasteiger partial charge is 0.270 e. The van der Waals surface area contributed by atoms with Crippen LogP contribution in [0.2, 0.25) is 0 Å². The van der Waals surface area contributed by atoms with Gasteiger partial charge in [-0.2, -0.15) is 0 Å². The van der Waals surface area contributed by atoms with Crippen molar-refractivity contribution < 1.29 is 14.1 Å². The highest BCUT2D eigenvalue weighted by molar-refractivity contribution is 7.98. The van der Waals surface area contributed by atoms with Gasteiger partial charge in [0.05, 0.1) is 27.9 Å². The van der Waals surface area contributed by atoms with Crippen LogP contribution < -0.4 is 4.90 Å². The number of non-ortho nitro benzene ring substituents is 1. The molecule has 0 aliphatic carbocycles. The van der Waals surface area contributed by atoms with Crippen LogP contribution >= 0.6 is 23.1 Å². The molecular weight excluding hydrogens is 410 g/mol. The molecule has 0 bridgehead atoms. The molecule has 0 spiro atoms. The quantitative estimate of drug-likeness (QED) is 0.234. The summed E-state index contributed by atoms with van der Waals surface area (Å²) in [6, 6.07) is 15.1.